The SMILES string of the molecule is CNc1cnc(C(C)C)nc1C(=O)NCC1CCC(C)C1. The van der Waals surface area contributed by atoms with Gasteiger partial charge in [0.05, 0.1) is 11.9 Å². The van der Waals surface area contributed by atoms with Crippen molar-refractivity contribution < 1.29 is 4.79 Å². The highest BCUT2D eigenvalue weighted by atomic mass is 16.1. The molecule has 1 aliphatic rings. The molecule has 0 radical (unpaired) electrons. The molecule has 1 fully saturated rings. The van der Waals surface area contributed by atoms with Gasteiger partial charge in [-0.25, -0.2) is 9.97 Å². The summed E-state index contributed by atoms with van der Waals surface area (Å²) in [6.07, 6.45) is 5.38. The predicted octanol–water partition coefficient (Wildman–Crippen LogP) is 2.81. The monoisotopic (exact) mass is 290 g/mol. The smallest absolute Gasteiger partial charge is 0.272 e. The molecule has 21 heavy (non-hydrogen) atoms. The maximum atomic E-state index is 12.4. The van der Waals surface area contributed by atoms with E-state index in [-0.39, 0.29) is 11.8 Å². The lowest BCUT2D eigenvalue weighted by Gasteiger charge is -2.14. The standard InChI is InChI=1S/C16H26N4O/c1-10(2)15-18-9-13(17-4)14(20-15)16(21)19-8-12-6-5-11(3)7-12/h9-12,17H,5-8H2,1-4H3,(H,19,21). The van der Waals surface area contributed by atoms with Crippen molar-refractivity contribution in [1.82, 2.24) is 15.3 Å². The number of nitrogens with zero attached hydrogens (tertiary/aromatic N) is 2. The molecule has 116 valence electrons. The largest absolute Gasteiger partial charge is 0.385 e. The van der Waals surface area contributed by atoms with Gasteiger partial charge in [-0.15, -0.1) is 0 Å². The van der Waals surface area contributed by atoms with Crippen LogP contribution in [0.1, 0.15) is 62.3 Å². The van der Waals surface area contributed by atoms with Crippen LogP contribution in [0.2, 0.25) is 0 Å². The lowest BCUT2D eigenvalue weighted by molar-refractivity contribution is 0.0942. The minimum atomic E-state index is -0.108. The molecule has 0 spiro atoms. The molecule has 5 nitrogen and oxygen atoms in total. The lowest BCUT2D eigenvalue weighted by atomic mass is 10.1. The first-order chi connectivity index (χ1) is 10.0. The molecule has 0 aromatic carbocycles. The number of hydrogen-bond acceptors (Lipinski definition) is 4. The summed E-state index contributed by atoms with van der Waals surface area (Å²) < 4.78 is 0. The van der Waals surface area contributed by atoms with Crippen LogP contribution in [-0.4, -0.2) is 29.5 Å². The average Bonchev–Trinajstić information content (AvgIpc) is 2.89. The third-order valence-corrected chi connectivity index (χ3v) is 4.16. The van der Waals surface area contributed by atoms with Crippen molar-refractivity contribution in [2.24, 2.45) is 11.8 Å². The van der Waals surface area contributed by atoms with Gasteiger partial charge in [0, 0.05) is 19.5 Å². The number of carbonyl (C=O) groups excluding carboxylic acids is 1. The Kier molecular flexibility index (Phi) is 5.15. The normalized spacial score (nSPS) is 21.6. The Morgan fingerprint density at radius 3 is 2.76 bits per heavy atom. The summed E-state index contributed by atoms with van der Waals surface area (Å²) in [5, 5.41) is 6.02. The van der Waals surface area contributed by atoms with E-state index in [2.05, 4.69) is 27.5 Å². The van der Waals surface area contributed by atoms with Gasteiger partial charge in [0.2, 0.25) is 0 Å². The summed E-state index contributed by atoms with van der Waals surface area (Å²) in [6, 6.07) is 0. The predicted molar refractivity (Wildman–Crippen MR) is 84.5 cm³/mol. The Morgan fingerprint density at radius 1 is 1.43 bits per heavy atom. The summed E-state index contributed by atoms with van der Waals surface area (Å²) in [6.45, 7) is 7.07. The van der Waals surface area contributed by atoms with E-state index in [0.29, 0.717) is 23.1 Å². The first-order valence-corrected chi connectivity index (χ1v) is 7.84. The van der Waals surface area contributed by atoms with E-state index in [1.165, 1.54) is 19.3 Å². The Balaban J connectivity index is 2.05. The minimum Gasteiger partial charge on any atom is -0.385 e. The summed E-state index contributed by atoms with van der Waals surface area (Å²) in [4.78, 5) is 21.1. The van der Waals surface area contributed by atoms with Crippen LogP contribution in [0.3, 0.4) is 0 Å². The zero-order valence-corrected chi connectivity index (χ0v) is 13.4. The highest BCUT2D eigenvalue weighted by Crippen LogP contribution is 2.29. The van der Waals surface area contributed by atoms with Crippen LogP contribution < -0.4 is 10.6 Å². The Bertz CT molecular complexity index is 501. The average molecular weight is 290 g/mol. The number of carbonyl (C=O) groups is 1. The van der Waals surface area contributed by atoms with Crippen LogP contribution in [0.5, 0.6) is 0 Å². The van der Waals surface area contributed by atoms with Gasteiger partial charge in [0.15, 0.2) is 5.69 Å². The molecule has 0 aliphatic heterocycles. The van der Waals surface area contributed by atoms with E-state index in [1.54, 1.807) is 13.2 Å². The van der Waals surface area contributed by atoms with Crippen molar-refractivity contribution in [2.45, 2.75) is 46.0 Å². The fraction of sp³-hybridized carbons (Fsp3) is 0.688. The second kappa shape index (κ2) is 6.87. The van der Waals surface area contributed by atoms with Crippen molar-refractivity contribution in [3.8, 4) is 0 Å². The third kappa shape index (κ3) is 3.93. The van der Waals surface area contributed by atoms with Crippen LogP contribution in [0.25, 0.3) is 0 Å². The molecule has 1 aliphatic carbocycles. The minimum absolute atomic E-state index is 0.108. The molecule has 0 saturated heterocycles. The third-order valence-electron chi connectivity index (χ3n) is 4.16. The van der Waals surface area contributed by atoms with Gasteiger partial charge in [-0.05, 0) is 24.7 Å². The van der Waals surface area contributed by atoms with Gasteiger partial charge in [-0.2, -0.15) is 0 Å². The molecule has 1 aromatic rings. The molecular weight excluding hydrogens is 264 g/mol. The van der Waals surface area contributed by atoms with Crippen LogP contribution in [-0.2, 0) is 0 Å². The van der Waals surface area contributed by atoms with Gasteiger partial charge in [-0.3, -0.25) is 4.79 Å². The first kappa shape index (κ1) is 15.7. The van der Waals surface area contributed by atoms with Gasteiger partial charge in [0.25, 0.3) is 5.91 Å². The molecule has 2 N–H and O–H groups in total. The van der Waals surface area contributed by atoms with Gasteiger partial charge >= 0.3 is 0 Å². The number of amides is 1. The zero-order chi connectivity index (χ0) is 15.4. The molecule has 2 rings (SSSR count). The number of nitrogens with one attached hydrogen (secondary N) is 2. The Labute approximate surface area is 127 Å². The van der Waals surface area contributed by atoms with Crippen LogP contribution in [0.4, 0.5) is 5.69 Å². The summed E-state index contributed by atoms with van der Waals surface area (Å²) in [7, 11) is 1.78. The quantitative estimate of drug-likeness (QED) is 0.875. The van der Waals surface area contributed by atoms with Crippen molar-refractivity contribution in [1.29, 1.82) is 0 Å². The second-order valence-corrected chi connectivity index (χ2v) is 6.39. The molecule has 2 atom stereocenters. The second-order valence-electron chi connectivity index (χ2n) is 6.39. The highest BCUT2D eigenvalue weighted by Gasteiger charge is 2.23. The molecule has 0 bridgehead atoms. The van der Waals surface area contributed by atoms with E-state index in [4.69, 9.17) is 0 Å². The van der Waals surface area contributed by atoms with Gasteiger partial charge in [0.1, 0.15) is 5.82 Å². The van der Waals surface area contributed by atoms with Gasteiger partial charge in [-0.1, -0.05) is 27.2 Å². The number of anilines is 1. The van der Waals surface area contributed by atoms with Gasteiger partial charge < -0.3 is 10.6 Å². The maximum Gasteiger partial charge on any atom is 0.272 e. The molecule has 1 saturated carbocycles. The van der Waals surface area contributed by atoms with Crippen LogP contribution >= 0.6 is 0 Å². The zero-order valence-electron chi connectivity index (χ0n) is 13.4. The molecule has 1 aromatic heterocycles. The number of rotatable bonds is 5. The van der Waals surface area contributed by atoms with Crippen LogP contribution in [0.15, 0.2) is 6.20 Å². The molecular formula is C16H26N4O. The highest BCUT2D eigenvalue weighted by molar-refractivity contribution is 5.97. The summed E-state index contributed by atoms with van der Waals surface area (Å²) in [5.74, 6) is 2.19. The van der Waals surface area contributed by atoms with E-state index in [1.807, 2.05) is 13.8 Å². The Hall–Kier alpha value is -1.65. The summed E-state index contributed by atoms with van der Waals surface area (Å²) in [5.41, 5.74) is 1.12. The summed E-state index contributed by atoms with van der Waals surface area (Å²) >= 11 is 0. The van der Waals surface area contributed by atoms with Crippen molar-refractivity contribution in [3.05, 3.63) is 17.7 Å². The fourth-order valence-corrected chi connectivity index (χ4v) is 2.86. The Morgan fingerprint density at radius 2 is 2.19 bits per heavy atom. The number of aromatic nitrogens is 2. The molecule has 1 heterocycles. The van der Waals surface area contributed by atoms with Crippen molar-refractivity contribution in [3.63, 3.8) is 0 Å². The number of hydrogen-bond donors (Lipinski definition) is 2. The van der Waals surface area contributed by atoms with E-state index in [9.17, 15) is 4.79 Å². The first-order valence-electron chi connectivity index (χ1n) is 7.84. The van der Waals surface area contributed by atoms with Crippen molar-refractivity contribution in [2.75, 3.05) is 18.9 Å². The maximum absolute atomic E-state index is 12.4. The lowest BCUT2D eigenvalue weighted by Crippen LogP contribution is -2.30. The van der Waals surface area contributed by atoms with Crippen molar-refractivity contribution >= 4 is 11.6 Å². The molecule has 5 heteroatoms. The topological polar surface area (TPSA) is 66.9 Å². The van der Waals surface area contributed by atoms with Crippen LogP contribution in [0, 0.1) is 11.8 Å². The van der Waals surface area contributed by atoms with E-state index < -0.39 is 0 Å². The van der Waals surface area contributed by atoms with E-state index in [0.717, 1.165) is 12.5 Å². The fourth-order valence-electron chi connectivity index (χ4n) is 2.86. The molecule has 2 unspecified atom stereocenters. The molecule has 1 amide bonds. The van der Waals surface area contributed by atoms with E-state index >= 15 is 0 Å².